The predicted molar refractivity (Wildman–Crippen MR) is 87.0 cm³/mol. The number of hydrogen-bond acceptors (Lipinski definition) is 1. The summed E-state index contributed by atoms with van der Waals surface area (Å²) in [4.78, 5) is 14.3. The van der Waals surface area contributed by atoms with Crippen LogP contribution < -0.4 is 4.90 Å². The molecule has 1 aliphatic rings. The summed E-state index contributed by atoms with van der Waals surface area (Å²) < 4.78 is 0. The molecule has 2 aromatic carbocycles. The molecule has 21 heavy (non-hydrogen) atoms. The molecule has 1 atom stereocenters. The molecular weight excluding hydrogens is 305 g/mol. The second kappa shape index (κ2) is 6.08. The quantitative estimate of drug-likeness (QED) is 0.740. The van der Waals surface area contributed by atoms with Gasteiger partial charge in [0, 0.05) is 22.2 Å². The zero-order valence-corrected chi connectivity index (χ0v) is 12.9. The van der Waals surface area contributed by atoms with Crippen LogP contribution in [0.1, 0.15) is 30.9 Å². The van der Waals surface area contributed by atoms with Gasteiger partial charge in [0.2, 0.25) is 5.91 Å². The Morgan fingerprint density at radius 2 is 1.76 bits per heavy atom. The molecule has 108 valence electrons. The molecule has 1 saturated heterocycles. The molecule has 1 heterocycles. The lowest BCUT2D eigenvalue weighted by Crippen LogP contribution is -2.38. The van der Waals surface area contributed by atoms with Crippen LogP contribution in [0.15, 0.2) is 48.5 Å². The van der Waals surface area contributed by atoms with Crippen molar-refractivity contribution in [2.24, 2.45) is 0 Å². The average molecular weight is 320 g/mol. The van der Waals surface area contributed by atoms with E-state index in [2.05, 4.69) is 0 Å². The molecular formula is C17H15Cl2NO. The lowest BCUT2D eigenvalue weighted by Gasteiger charge is -2.36. The number of halogens is 2. The largest absolute Gasteiger partial charge is 0.305 e. The van der Waals surface area contributed by atoms with Crippen LogP contribution in [0.4, 0.5) is 5.69 Å². The summed E-state index contributed by atoms with van der Waals surface area (Å²) >= 11 is 12.0. The van der Waals surface area contributed by atoms with Crippen molar-refractivity contribution < 1.29 is 4.79 Å². The maximum absolute atomic E-state index is 12.4. The van der Waals surface area contributed by atoms with Gasteiger partial charge in [0.25, 0.3) is 0 Å². The van der Waals surface area contributed by atoms with E-state index in [4.69, 9.17) is 23.2 Å². The molecule has 1 amide bonds. The van der Waals surface area contributed by atoms with Crippen molar-refractivity contribution in [3.8, 4) is 0 Å². The van der Waals surface area contributed by atoms with E-state index in [1.807, 2.05) is 53.4 Å². The zero-order valence-electron chi connectivity index (χ0n) is 11.4. The number of hydrogen-bond donors (Lipinski definition) is 0. The highest BCUT2D eigenvalue weighted by Gasteiger charge is 2.30. The highest BCUT2D eigenvalue weighted by molar-refractivity contribution is 6.31. The number of piperidine rings is 1. The summed E-state index contributed by atoms with van der Waals surface area (Å²) in [7, 11) is 0. The van der Waals surface area contributed by atoms with Gasteiger partial charge in [-0.15, -0.1) is 0 Å². The zero-order chi connectivity index (χ0) is 14.8. The Bertz CT molecular complexity index is 654. The molecule has 2 nitrogen and oxygen atoms in total. The first-order valence-electron chi connectivity index (χ1n) is 6.98. The molecule has 0 N–H and O–H groups in total. The van der Waals surface area contributed by atoms with Crippen LogP contribution in [0.5, 0.6) is 0 Å². The second-order valence-corrected chi connectivity index (χ2v) is 6.08. The molecule has 1 aliphatic heterocycles. The predicted octanol–water partition coefficient (Wildman–Crippen LogP) is 5.25. The standard InChI is InChI=1S/C17H15Cl2NO/c18-13-9-7-12(8-10-13)16-5-2-6-17(21)20(16)15-4-1-3-14(19)11-15/h1,3-4,7-11,16H,2,5-6H2. The fourth-order valence-corrected chi connectivity index (χ4v) is 3.13. The Hall–Kier alpha value is -1.51. The van der Waals surface area contributed by atoms with Crippen molar-refractivity contribution in [1.82, 2.24) is 0 Å². The van der Waals surface area contributed by atoms with Crippen molar-refractivity contribution in [3.05, 3.63) is 64.1 Å². The lowest BCUT2D eigenvalue weighted by molar-refractivity contribution is -0.120. The first kappa shape index (κ1) is 14.4. The van der Waals surface area contributed by atoms with Gasteiger partial charge in [0.1, 0.15) is 0 Å². The molecule has 2 aromatic rings. The van der Waals surface area contributed by atoms with Gasteiger partial charge in [0.05, 0.1) is 6.04 Å². The Kier molecular flexibility index (Phi) is 4.18. The van der Waals surface area contributed by atoms with Crippen LogP contribution in [0.25, 0.3) is 0 Å². The van der Waals surface area contributed by atoms with Crippen LogP contribution in [0.2, 0.25) is 10.0 Å². The summed E-state index contributed by atoms with van der Waals surface area (Å²) in [5, 5.41) is 1.34. The molecule has 0 aromatic heterocycles. The minimum Gasteiger partial charge on any atom is -0.305 e. The number of carbonyl (C=O) groups is 1. The summed E-state index contributed by atoms with van der Waals surface area (Å²) in [5.74, 6) is 0.142. The van der Waals surface area contributed by atoms with Crippen LogP contribution in [-0.2, 0) is 4.79 Å². The molecule has 1 fully saturated rings. The molecule has 3 rings (SSSR count). The van der Waals surface area contributed by atoms with Gasteiger partial charge in [-0.2, -0.15) is 0 Å². The van der Waals surface area contributed by atoms with Crippen molar-refractivity contribution in [2.75, 3.05) is 4.90 Å². The monoisotopic (exact) mass is 319 g/mol. The van der Waals surface area contributed by atoms with Crippen molar-refractivity contribution in [2.45, 2.75) is 25.3 Å². The van der Waals surface area contributed by atoms with E-state index in [1.165, 1.54) is 0 Å². The van der Waals surface area contributed by atoms with Gasteiger partial charge in [-0.05, 0) is 48.7 Å². The van der Waals surface area contributed by atoms with Gasteiger partial charge in [0.15, 0.2) is 0 Å². The minimum absolute atomic E-state index is 0.0435. The topological polar surface area (TPSA) is 20.3 Å². The Morgan fingerprint density at radius 3 is 2.48 bits per heavy atom. The fraction of sp³-hybridized carbons (Fsp3) is 0.235. The van der Waals surface area contributed by atoms with Crippen molar-refractivity contribution in [3.63, 3.8) is 0 Å². The van der Waals surface area contributed by atoms with Gasteiger partial charge in [-0.3, -0.25) is 4.79 Å². The summed E-state index contributed by atoms with van der Waals surface area (Å²) in [6.07, 6.45) is 2.43. The smallest absolute Gasteiger partial charge is 0.227 e. The third kappa shape index (κ3) is 3.07. The number of benzene rings is 2. The van der Waals surface area contributed by atoms with Gasteiger partial charge < -0.3 is 4.90 Å². The molecule has 0 bridgehead atoms. The van der Waals surface area contributed by atoms with Crippen LogP contribution >= 0.6 is 23.2 Å². The highest BCUT2D eigenvalue weighted by Crippen LogP contribution is 2.36. The number of nitrogens with zero attached hydrogens (tertiary/aromatic N) is 1. The number of anilines is 1. The van der Waals surface area contributed by atoms with Crippen LogP contribution in [0.3, 0.4) is 0 Å². The number of amides is 1. The Balaban J connectivity index is 2.00. The molecule has 0 radical (unpaired) electrons. The van der Waals surface area contributed by atoms with E-state index in [0.717, 1.165) is 24.1 Å². The van der Waals surface area contributed by atoms with Crippen molar-refractivity contribution >= 4 is 34.8 Å². The summed E-state index contributed by atoms with van der Waals surface area (Å²) in [5.41, 5.74) is 1.96. The van der Waals surface area contributed by atoms with E-state index in [1.54, 1.807) is 0 Å². The number of rotatable bonds is 2. The van der Waals surface area contributed by atoms with E-state index in [-0.39, 0.29) is 11.9 Å². The Morgan fingerprint density at radius 1 is 1.00 bits per heavy atom. The van der Waals surface area contributed by atoms with Crippen molar-refractivity contribution in [1.29, 1.82) is 0 Å². The van der Waals surface area contributed by atoms with E-state index in [0.29, 0.717) is 16.5 Å². The van der Waals surface area contributed by atoms with E-state index in [9.17, 15) is 4.79 Å². The summed E-state index contributed by atoms with van der Waals surface area (Å²) in [6.45, 7) is 0. The lowest BCUT2D eigenvalue weighted by atomic mass is 9.94. The van der Waals surface area contributed by atoms with Gasteiger partial charge in [-0.25, -0.2) is 0 Å². The first-order valence-corrected chi connectivity index (χ1v) is 7.74. The third-order valence-corrected chi connectivity index (χ3v) is 4.28. The average Bonchev–Trinajstić information content (AvgIpc) is 2.48. The molecule has 4 heteroatoms. The third-order valence-electron chi connectivity index (χ3n) is 3.79. The molecule has 0 spiro atoms. The normalized spacial score (nSPS) is 18.9. The van der Waals surface area contributed by atoms with Gasteiger partial charge >= 0.3 is 0 Å². The van der Waals surface area contributed by atoms with Crippen LogP contribution in [-0.4, -0.2) is 5.91 Å². The second-order valence-electron chi connectivity index (χ2n) is 5.20. The Labute approximate surface area is 134 Å². The number of carbonyl (C=O) groups excluding carboxylic acids is 1. The molecule has 0 saturated carbocycles. The molecule has 1 unspecified atom stereocenters. The van der Waals surface area contributed by atoms with E-state index < -0.39 is 0 Å². The minimum atomic E-state index is 0.0435. The maximum atomic E-state index is 12.4. The van der Waals surface area contributed by atoms with E-state index >= 15 is 0 Å². The summed E-state index contributed by atoms with van der Waals surface area (Å²) in [6, 6.07) is 15.2. The SMILES string of the molecule is O=C1CCCC(c2ccc(Cl)cc2)N1c1cccc(Cl)c1. The highest BCUT2D eigenvalue weighted by atomic mass is 35.5. The first-order chi connectivity index (χ1) is 10.1. The van der Waals surface area contributed by atoms with Gasteiger partial charge in [-0.1, -0.05) is 41.4 Å². The maximum Gasteiger partial charge on any atom is 0.227 e. The van der Waals surface area contributed by atoms with Crippen LogP contribution in [0, 0.1) is 0 Å². The fourth-order valence-electron chi connectivity index (χ4n) is 2.82. The molecule has 0 aliphatic carbocycles.